The number of hydrogen-bond acceptors (Lipinski definition) is 5. The Bertz CT molecular complexity index is 729. The van der Waals surface area contributed by atoms with Crippen molar-refractivity contribution >= 4 is 12.1 Å². The number of carbonyl (C=O) groups is 1. The number of amides is 1. The van der Waals surface area contributed by atoms with E-state index in [0.29, 0.717) is 29.4 Å². The van der Waals surface area contributed by atoms with Gasteiger partial charge in [-0.2, -0.15) is 5.10 Å². The summed E-state index contributed by atoms with van der Waals surface area (Å²) in [5.74, 6) is 1.42. The van der Waals surface area contributed by atoms with Crippen LogP contribution in [0.4, 0.5) is 0 Å². The Morgan fingerprint density at radius 2 is 1.83 bits per heavy atom. The van der Waals surface area contributed by atoms with Crippen LogP contribution in [0, 0.1) is 0 Å². The minimum atomic E-state index is -0.345. The van der Waals surface area contributed by atoms with Crippen LogP contribution in [0.15, 0.2) is 47.6 Å². The molecule has 0 heterocycles. The van der Waals surface area contributed by atoms with Crippen molar-refractivity contribution in [2.75, 3.05) is 20.8 Å². The quantitative estimate of drug-likeness (QED) is 0.627. The number of benzene rings is 2. The molecule has 6 nitrogen and oxygen atoms in total. The first-order chi connectivity index (χ1) is 11.7. The number of nitrogens with zero attached hydrogens (tertiary/aromatic N) is 1. The first-order valence-corrected chi connectivity index (χ1v) is 7.46. The number of carbonyl (C=O) groups excluding carboxylic acids is 1. The molecule has 0 saturated carbocycles. The fourth-order valence-corrected chi connectivity index (χ4v) is 2.08. The summed E-state index contributed by atoms with van der Waals surface area (Å²) in [5, 5.41) is 3.96. The van der Waals surface area contributed by atoms with Crippen molar-refractivity contribution in [1.82, 2.24) is 5.43 Å². The fourth-order valence-electron chi connectivity index (χ4n) is 2.08. The molecule has 126 valence electrons. The third kappa shape index (κ3) is 4.25. The van der Waals surface area contributed by atoms with Gasteiger partial charge in [0.1, 0.15) is 5.75 Å². The van der Waals surface area contributed by atoms with E-state index in [1.54, 1.807) is 25.3 Å². The molecule has 0 fully saturated rings. The van der Waals surface area contributed by atoms with Crippen LogP contribution in [0.25, 0.3) is 0 Å². The van der Waals surface area contributed by atoms with Crippen LogP contribution in [-0.4, -0.2) is 32.9 Å². The zero-order valence-corrected chi connectivity index (χ0v) is 13.9. The van der Waals surface area contributed by atoms with Crippen molar-refractivity contribution in [3.05, 3.63) is 53.6 Å². The molecule has 1 amide bonds. The molecule has 6 heteroatoms. The number of hydrazone groups is 1. The van der Waals surface area contributed by atoms with E-state index in [1.165, 1.54) is 13.3 Å². The molecule has 0 aliphatic heterocycles. The van der Waals surface area contributed by atoms with Crippen LogP contribution in [0.2, 0.25) is 0 Å². The molecule has 2 aromatic carbocycles. The molecule has 0 aromatic heterocycles. The van der Waals surface area contributed by atoms with Gasteiger partial charge in [-0.25, -0.2) is 5.43 Å². The van der Waals surface area contributed by atoms with E-state index in [2.05, 4.69) is 10.5 Å². The second kappa shape index (κ2) is 8.57. The number of methoxy groups -OCH3 is 2. The van der Waals surface area contributed by atoms with Crippen molar-refractivity contribution in [3.8, 4) is 17.2 Å². The SMILES string of the molecule is CCOc1ccc(C(=O)N/N=C/c2ccccc2OC)cc1OC. The van der Waals surface area contributed by atoms with Gasteiger partial charge >= 0.3 is 0 Å². The Labute approximate surface area is 141 Å². The summed E-state index contributed by atoms with van der Waals surface area (Å²) < 4.78 is 15.9. The van der Waals surface area contributed by atoms with Gasteiger partial charge in [0, 0.05) is 11.1 Å². The predicted molar refractivity (Wildman–Crippen MR) is 92.2 cm³/mol. The molecule has 0 unspecified atom stereocenters. The maximum atomic E-state index is 12.2. The van der Waals surface area contributed by atoms with E-state index in [4.69, 9.17) is 14.2 Å². The van der Waals surface area contributed by atoms with E-state index in [9.17, 15) is 4.79 Å². The maximum Gasteiger partial charge on any atom is 0.271 e. The normalized spacial score (nSPS) is 10.5. The highest BCUT2D eigenvalue weighted by molar-refractivity contribution is 5.95. The van der Waals surface area contributed by atoms with Gasteiger partial charge in [-0.15, -0.1) is 0 Å². The van der Waals surface area contributed by atoms with Crippen LogP contribution < -0.4 is 19.6 Å². The van der Waals surface area contributed by atoms with Crippen molar-refractivity contribution in [3.63, 3.8) is 0 Å². The summed E-state index contributed by atoms with van der Waals surface area (Å²) in [6.07, 6.45) is 1.53. The van der Waals surface area contributed by atoms with Gasteiger partial charge in [-0.1, -0.05) is 12.1 Å². The summed E-state index contributed by atoms with van der Waals surface area (Å²) in [5.41, 5.74) is 3.67. The maximum absolute atomic E-state index is 12.2. The lowest BCUT2D eigenvalue weighted by molar-refractivity contribution is 0.0954. The zero-order chi connectivity index (χ0) is 17.4. The van der Waals surface area contributed by atoms with Crippen LogP contribution in [0.5, 0.6) is 17.2 Å². The molecule has 0 aliphatic carbocycles. The minimum Gasteiger partial charge on any atom is -0.496 e. The summed E-state index contributed by atoms with van der Waals surface area (Å²) in [7, 11) is 3.11. The third-order valence-electron chi connectivity index (χ3n) is 3.23. The van der Waals surface area contributed by atoms with E-state index in [-0.39, 0.29) is 5.91 Å². The van der Waals surface area contributed by atoms with E-state index in [0.717, 1.165) is 5.56 Å². The molecule has 0 atom stereocenters. The van der Waals surface area contributed by atoms with Gasteiger partial charge in [0.05, 0.1) is 27.0 Å². The van der Waals surface area contributed by atoms with Crippen molar-refractivity contribution in [1.29, 1.82) is 0 Å². The first kappa shape index (κ1) is 17.3. The monoisotopic (exact) mass is 328 g/mol. The van der Waals surface area contributed by atoms with Crippen molar-refractivity contribution in [2.45, 2.75) is 6.92 Å². The molecule has 2 rings (SSSR count). The third-order valence-corrected chi connectivity index (χ3v) is 3.23. The summed E-state index contributed by atoms with van der Waals surface area (Å²) in [4.78, 5) is 12.2. The van der Waals surface area contributed by atoms with Gasteiger partial charge < -0.3 is 14.2 Å². The minimum absolute atomic E-state index is 0.345. The van der Waals surface area contributed by atoms with E-state index < -0.39 is 0 Å². The number of rotatable bonds is 7. The largest absolute Gasteiger partial charge is 0.496 e. The second-order valence-corrected chi connectivity index (χ2v) is 4.74. The first-order valence-electron chi connectivity index (χ1n) is 7.46. The summed E-state index contributed by atoms with van der Waals surface area (Å²) in [6.45, 7) is 2.40. The molecular formula is C18H20N2O4. The highest BCUT2D eigenvalue weighted by Gasteiger charge is 2.10. The Hall–Kier alpha value is -3.02. The van der Waals surface area contributed by atoms with Gasteiger partial charge in [-0.3, -0.25) is 4.79 Å². The molecular weight excluding hydrogens is 308 g/mol. The van der Waals surface area contributed by atoms with E-state index in [1.807, 2.05) is 31.2 Å². The molecule has 0 radical (unpaired) electrons. The molecule has 24 heavy (non-hydrogen) atoms. The molecule has 2 aromatic rings. The zero-order valence-electron chi connectivity index (χ0n) is 13.9. The highest BCUT2D eigenvalue weighted by Crippen LogP contribution is 2.27. The van der Waals surface area contributed by atoms with Crippen molar-refractivity contribution in [2.24, 2.45) is 5.10 Å². The highest BCUT2D eigenvalue weighted by atomic mass is 16.5. The van der Waals surface area contributed by atoms with Crippen molar-refractivity contribution < 1.29 is 19.0 Å². The van der Waals surface area contributed by atoms with Crippen LogP contribution >= 0.6 is 0 Å². The van der Waals surface area contributed by atoms with Gasteiger partial charge in [0.2, 0.25) is 0 Å². The molecule has 0 saturated heterocycles. The molecule has 0 spiro atoms. The fraction of sp³-hybridized carbons (Fsp3) is 0.222. The molecule has 0 aliphatic rings. The predicted octanol–water partition coefficient (Wildman–Crippen LogP) is 2.87. The Morgan fingerprint density at radius 1 is 1.08 bits per heavy atom. The lowest BCUT2D eigenvalue weighted by Crippen LogP contribution is -2.17. The van der Waals surface area contributed by atoms with Gasteiger partial charge in [0.25, 0.3) is 5.91 Å². The van der Waals surface area contributed by atoms with Crippen LogP contribution in [0.1, 0.15) is 22.8 Å². The Morgan fingerprint density at radius 3 is 2.54 bits per heavy atom. The smallest absolute Gasteiger partial charge is 0.271 e. The van der Waals surface area contributed by atoms with Crippen LogP contribution in [0.3, 0.4) is 0 Å². The van der Waals surface area contributed by atoms with Gasteiger partial charge in [0.15, 0.2) is 11.5 Å². The number of para-hydroxylation sites is 1. The average molecular weight is 328 g/mol. The number of ether oxygens (including phenoxy) is 3. The summed E-state index contributed by atoms with van der Waals surface area (Å²) in [6, 6.07) is 12.3. The number of nitrogens with one attached hydrogen (secondary N) is 1. The average Bonchev–Trinajstić information content (AvgIpc) is 2.62. The standard InChI is InChI=1S/C18H20N2O4/c1-4-24-16-10-9-13(11-17(16)23-3)18(21)20-19-12-14-7-5-6-8-15(14)22-2/h5-12H,4H2,1-3H3,(H,20,21)/b19-12+. The second-order valence-electron chi connectivity index (χ2n) is 4.74. The van der Waals surface area contributed by atoms with Crippen LogP contribution in [-0.2, 0) is 0 Å². The lowest BCUT2D eigenvalue weighted by atomic mass is 10.2. The topological polar surface area (TPSA) is 69.2 Å². The lowest BCUT2D eigenvalue weighted by Gasteiger charge is -2.10. The molecule has 1 N–H and O–H groups in total. The Balaban J connectivity index is 2.08. The molecule has 0 bridgehead atoms. The Kier molecular flexibility index (Phi) is 6.19. The summed E-state index contributed by atoms with van der Waals surface area (Å²) >= 11 is 0. The van der Waals surface area contributed by atoms with Gasteiger partial charge in [-0.05, 0) is 37.3 Å². The van der Waals surface area contributed by atoms with E-state index >= 15 is 0 Å². The number of hydrogen-bond donors (Lipinski definition) is 1.